The highest BCUT2D eigenvalue weighted by molar-refractivity contribution is 5.91. The number of benzene rings is 1. The lowest BCUT2D eigenvalue weighted by Crippen LogP contribution is -2.41. The molecule has 0 bridgehead atoms. The fourth-order valence-corrected chi connectivity index (χ4v) is 3.14. The number of rotatable bonds is 4. The Morgan fingerprint density at radius 2 is 2.32 bits per heavy atom. The van der Waals surface area contributed by atoms with Crippen LogP contribution in [0, 0.1) is 0 Å². The largest absolute Gasteiger partial charge is 0.336 e. The number of hydrogen-bond acceptors (Lipinski definition) is 3. The summed E-state index contributed by atoms with van der Waals surface area (Å²) in [6, 6.07) is 6.07. The van der Waals surface area contributed by atoms with Gasteiger partial charge in [0.05, 0.1) is 17.4 Å². The Morgan fingerprint density at radius 3 is 3.14 bits per heavy atom. The van der Waals surface area contributed by atoms with Crippen molar-refractivity contribution in [1.29, 1.82) is 0 Å². The number of imidazole rings is 1. The van der Waals surface area contributed by atoms with Gasteiger partial charge in [0.15, 0.2) is 0 Å². The SMILES string of the molecule is CCN1CCC[C@H]1CNC(=O)Nc1ccc2c(c1)ncn2C. The number of urea groups is 1. The first kappa shape index (κ1) is 14.8. The Hall–Kier alpha value is -2.08. The van der Waals surface area contributed by atoms with Crippen LogP contribution in [0.2, 0.25) is 0 Å². The van der Waals surface area contributed by atoms with Gasteiger partial charge in [-0.3, -0.25) is 4.90 Å². The number of fused-ring (bicyclic) bond motifs is 1. The number of nitrogens with zero attached hydrogens (tertiary/aromatic N) is 3. The predicted octanol–water partition coefficient (Wildman–Crippen LogP) is 2.18. The van der Waals surface area contributed by atoms with Gasteiger partial charge in [0.2, 0.25) is 0 Å². The molecule has 118 valence electrons. The summed E-state index contributed by atoms with van der Waals surface area (Å²) in [5.41, 5.74) is 2.70. The maximum Gasteiger partial charge on any atom is 0.319 e. The van der Waals surface area contributed by atoms with Crippen LogP contribution in [0.3, 0.4) is 0 Å². The summed E-state index contributed by atoms with van der Waals surface area (Å²) in [6.45, 7) is 5.05. The van der Waals surface area contributed by atoms with E-state index in [0.717, 1.165) is 36.2 Å². The maximum atomic E-state index is 12.0. The summed E-state index contributed by atoms with van der Waals surface area (Å²) in [7, 11) is 1.95. The van der Waals surface area contributed by atoms with E-state index >= 15 is 0 Å². The van der Waals surface area contributed by atoms with Gasteiger partial charge < -0.3 is 15.2 Å². The van der Waals surface area contributed by atoms with Gasteiger partial charge in [-0.2, -0.15) is 0 Å². The summed E-state index contributed by atoms with van der Waals surface area (Å²) in [4.78, 5) is 18.8. The molecule has 0 unspecified atom stereocenters. The number of likely N-dealkylation sites (tertiary alicyclic amines) is 1. The number of likely N-dealkylation sites (N-methyl/N-ethyl adjacent to an activating group) is 1. The number of carbonyl (C=O) groups is 1. The van der Waals surface area contributed by atoms with E-state index in [2.05, 4.69) is 27.4 Å². The van der Waals surface area contributed by atoms with E-state index in [-0.39, 0.29) is 6.03 Å². The molecule has 2 heterocycles. The summed E-state index contributed by atoms with van der Waals surface area (Å²) in [6.07, 6.45) is 4.15. The maximum absolute atomic E-state index is 12.0. The van der Waals surface area contributed by atoms with E-state index in [1.807, 2.05) is 29.8 Å². The molecule has 2 aromatic rings. The fourth-order valence-electron chi connectivity index (χ4n) is 3.14. The minimum absolute atomic E-state index is 0.154. The third-order valence-electron chi connectivity index (χ3n) is 4.39. The highest BCUT2D eigenvalue weighted by atomic mass is 16.2. The quantitative estimate of drug-likeness (QED) is 0.910. The van der Waals surface area contributed by atoms with Crippen molar-refractivity contribution in [3.63, 3.8) is 0 Å². The van der Waals surface area contributed by atoms with E-state index in [1.165, 1.54) is 6.42 Å². The van der Waals surface area contributed by atoms with Crippen molar-refractivity contribution < 1.29 is 4.79 Å². The average molecular weight is 301 g/mol. The third kappa shape index (κ3) is 3.06. The normalized spacial score (nSPS) is 18.7. The van der Waals surface area contributed by atoms with E-state index in [1.54, 1.807) is 6.33 Å². The van der Waals surface area contributed by atoms with Crippen LogP contribution >= 0.6 is 0 Å². The number of carbonyl (C=O) groups excluding carboxylic acids is 1. The number of aryl methyl sites for hydroxylation is 1. The van der Waals surface area contributed by atoms with E-state index in [4.69, 9.17) is 0 Å². The summed E-state index contributed by atoms with van der Waals surface area (Å²) >= 11 is 0. The summed E-state index contributed by atoms with van der Waals surface area (Å²) in [5, 5.41) is 5.86. The molecular formula is C16H23N5O. The van der Waals surface area contributed by atoms with Crippen LogP contribution in [0.5, 0.6) is 0 Å². The van der Waals surface area contributed by atoms with E-state index in [9.17, 15) is 4.79 Å². The van der Waals surface area contributed by atoms with Crippen molar-refractivity contribution in [2.75, 3.05) is 25.0 Å². The van der Waals surface area contributed by atoms with E-state index in [0.29, 0.717) is 12.6 Å². The molecule has 22 heavy (non-hydrogen) atoms. The second-order valence-electron chi connectivity index (χ2n) is 5.82. The Bertz CT molecular complexity index is 666. The first-order chi connectivity index (χ1) is 10.7. The number of nitrogens with one attached hydrogen (secondary N) is 2. The molecule has 1 atom stereocenters. The first-order valence-electron chi connectivity index (χ1n) is 7.87. The van der Waals surface area contributed by atoms with Crippen molar-refractivity contribution >= 4 is 22.8 Å². The van der Waals surface area contributed by atoms with Crippen molar-refractivity contribution in [3.05, 3.63) is 24.5 Å². The monoisotopic (exact) mass is 301 g/mol. The summed E-state index contributed by atoms with van der Waals surface area (Å²) in [5.74, 6) is 0. The van der Waals surface area contributed by atoms with Crippen LogP contribution in [0.15, 0.2) is 24.5 Å². The van der Waals surface area contributed by atoms with Crippen LogP contribution in [0.25, 0.3) is 11.0 Å². The molecule has 1 aliphatic rings. The zero-order valence-corrected chi connectivity index (χ0v) is 13.2. The smallest absolute Gasteiger partial charge is 0.319 e. The molecule has 1 aromatic carbocycles. The highest BCUT2D eigenvalue weighted by Crippen LogP contribution is 2.18. The molecule has 1 aliphatic heterocycles. The second kappa shape index (κ2) is 6.36. The Morgan fingerprint density at radius 1 is 1.45 bits per heavy atom. The molecule has 2 amide bonds. The molecule has 6 heteroatoms. The Balaban J connectivity index is 1.56. The van der Waals surface area contributed by atoms with Gasteiger partial charge in [-0.15, -0.1) is 0 Å². The van der Waals surface area contributed by atoms with Gasteiger partial charge in [0, 0.05) is 25.3 Å². The van der Waals surface area contributed by atoms with Crippen molar-refractivity contribution in [3.8, 4) is 0 Å². The van der Waals surface area contributed by atoms with Crippen molar-refractivity contribution in [2.45, 2.75) is 25.8 Å². The molecule has 0 radical (unpaired) electrons. The Labute approximate surface area is 130 Å². The molecule has 1 saturated heterocycles. The third-order valence-corrected chi connectivity index (χ3v) is 4.39. The van der Waals surface area contributed by atoms with Gasteiger partial charge in [0.1, 0.15) is 0 Å². The summed E-state index contributed by atoms with van der Waals surface area (Å²) < 4.78 is 1.96. The van der Waals surface area contributed by atoms with Gasteiger partial charge in [-0.1, -0.05) is 6.92 Å². The van der Waals surface area contributed by atoms with Gasteiger partial charge in [0.25, 0.3) is 0 Å². The van der Waals surface area contributed by atoms with Crippen LogP contribution < -0.4 is 10.6 Å². The average Bonchev–Trinajstić information content (AvgIpc) is 3.12. The lowest BCUT2D eigenvalue weighted by molar-refractivity contribution is 0.238. The van der Waals surface area contributed by atoms with Crippen LogP contribution in [0.1, 0.15) is 19.8 Å². The van der Waals surface area contributed by atoms with Crippen LogP contribution in [-0.2, 0) is 7.05 Å². The minimum atomic E-state index is -0.154. The van der Waals surface area contributed by atoms with Crippen LogP contribution in [0.4, 0.5) is 10.5 Å². The van der Waals surface area contributed by atoms with Crippen LogP contribution in [-0.4, -0.2) is 46.2 Å². The lowest BCUT2D eigenvalue weighted by Gasteiger charge is -2.22. The van der Waals surface area contributed by atoms with Crippen molar-refractivity contribution in [1.82, 2.24) is 19.8 Å². The number of aromatic nitrogens is 2. The zero-order chi connectivity index (χ0) is 15.5. The molecule has 0 saturated carbocycles. The predicted molar refractivity (Wildman–Crippen MR) is 88.0 cm³/mol. The second-order valence-corrected chi connectivity index (χ2v) is 5.82. The van der Waals surface area contributed by atoms with Gasteiger partial charge >= 0.3 is 6.03 Å². The molecule has 6 nitrogen and oxygen atoms in total. The Kier molecular flexibility index (Phi) is 4.29. The number of amides is 2. The number of hydrogen-bond donors (Lipinski definition) is 2. The van der Waals surface area contributed by atoms with Gasteiger partial charge in [-0.25, -0.2) is 9.78 Å². The molecule has 0 spiro atoms. The fraction of sp³-hybridized carbons (Fsp3) is 0.500. The zero-order valence-electron chi connectivity index (χ0n) is 13.2. The lowest BCUT2D eigenvalue weighted by atomic mass is 10.2. The first-order valence-corrected chi connectivity index (χ1v) is 7.87. The van der Waals surface area contributed by atoms with Gasteiger partial charge in [-0.05, 0) is 44.1 Å². The standard InChI is InChI=1S/C16H23N5O/c1-3-21-8-4-5-13(21)10-17-16(22)19-12-6-7-15-14(9-12)18-11-20(15)2/h6-7,9,11,13H,3-5,8,10H2,1-2H3,(H2,17,19,22)/t13-/m0/s1. The molecule has 1 aromatic heterocycles. The van der Waals surface area contributed by atoms with Crippen molar-refractivity contribution in [2.24, 2.45) is 7.05 Å². The molecule has 0 aliphatic carbocycles. The minimum Gasteiger partial charge on any atom is -0.336 e. The molecule has 3 rings (SSSR count). The highest BCUT2D eigenvalue weighted by Gasteiger charge is 2.23. The molecular weight excluding hydrogens is 278 g/mol. The molecule has 1 fully saturated rings. The topological polar surface area (TPSA) is 62.2 Å². The van der Waals surface area contributed by atoms with E-state index < -0.39 is 0 Å². The number of anilines is 1. The molecule has 2 N–H and O–H groups in total.